The summed E-state index contributed by atoms with van der Waals surface area (Å²) in [6.07, 6.45) is 3.40. The van der Waals surface area contributed by atoms with Crippen LogP contribution in [0, 0.1) is 36.5 Å². The molecule has 266 valence electrons. The summed E-state index contributed by atoms with van der Waals surface area (Å²) in [6, 6.07) is 9.28. The Morgan fingerprint density at radius 3 is 1.56 bits per heavy atom. The van der Waals surface area contributed by atoms with Crippen LogP contribution in [0.3, 0.4) is 0 Å². The molecule has 0 atom stereocenters. The van der Waals surface area contributed by atoms with Gasteiger partial charge in [0, 0.05) is 28.0 Å². The molecule has 0 radical (unpaired) electrons. The van der Waals surface area contributed by atoms with Gasteiger partial charge in [-0.3, -0.25) is 14.2 Å². The maximum absolute atomic E-state index is 13.6. The van der Waals surface area contributed by atoms with Crippen molar-refractivity contribution in [3.63, 3.8) is 0 Å². The van der Waals surface area contributed by atoms with Crippen LogP contribution >= 0.6 is 69.9 Å². The minimum Gasteiger partial charge on any atom is -1.00 e. The van der Waals surface area contributed by atoms with Crippen LogP contribution in [0.2, 0.25) is 10.0 Å². The molecule has 0 spiro atoms. The molecule has 0 saturated heterocycles. The zero-order valence-electron chi connectivity index (χ0n) is 25.9. The standard InChI is InChI=1S/C15H11Cl2F2N3O2S.C14H9Cl2F2N3O2S.BrH/c1-7-12(15(17,18)19)21(2)14(24)22(13(7)23)10-5-11(25-3)8(6-20)4-9(10)16;1-6-11(14(16,17)18)20-13(23)21(12(6)22)9-4-10(24-2)7(5-19)3-8(9)15;/h4-5H,1-3H3;3-4H,1-2H3,(H,20,23);1H/p-1. The summed E-state index contributed by atoms with van der Waals surface area (Å²) in [5.41, 5.74) is -6.20. The second kappa shape index (κ2) is 16.5. The van der Waals surface area contributed by atoms with Crippen molar-refractivity contribution in [3.8, 4) is 23.5 Å². The Morgan fingerprint density at radius 1 is 0.760 bits per heavy atom. The van der Waals surface area contributed by atoms with Crippen LogP contribution in [-0.2, 0) is 17.8 Å². The molecule has 10 nitrogen and oxygen atoms in total. The first-order valence-electron chi connectivity index (χ1n) is 13.0. The Bertz CT molecular complexity index is 2290. The van der Waals surface area contributed by atoms with E-state index in [-0.39, 0.29) is 55.1 Å². The number of nitriles is 2. The minimum absolute atomic E-state index is 0. The van der Waals surface area contributed by atoms with E-state index in [9.17, 15) is 36.7 Å². The molecule has 0 unspecified atom stereocenters. The third-order valence-electron chi connectivity index (χ3n) is 6.84. The summed E-state index contributed by atoms with van der Waals surface area (Å²) in [4.78, 5) is 52.5. The molecule has 0 saturated carbocycles. The summed E-state index contributed by atoms with van der Waals surface area (Å²) >= 11 is 24.5. The van der Waals surface area contributed by atoms with Gasteiger partial charge in [0.1, 0.15) is 23.5 Å². The van der Waals surface area contributed by atoms with E-state index >= 15 is 0 Å². The van der Waals surface area contributed by atoms with Gasteiger partial charge in [0.15, 0.2) is 0 Å². The SMILES string of the molecule is CSc1cc(-n2c(=O)[nH]c(C(F)(F)Cl)c(C)c2=O)c(Cl)cc1C#N.CSc1cc(-n2c(=O)c(C)c(C(F)(F)Cl)n(C)c2=O)c(Cl)cc1C#N.[Br-]. The Labute approximate surface area is 318 Å². The third-order valence-corrected chi connectivity index (χ3v) is 9.37. The fourth-order valence-corrected chi connectivity index (χ4v) is 6.60. The molecule has 0 aliphatic heterocycles. The number of benzene rings is 2. The van der Waals surface area contributed by atoms with Crippen molar-refractivity contribution in [2.45, 2.75) is 34.4 Å². The highest BCUT2D eigenvalue weighted by molar-refractivity contribution is 7.98. The summed E-state index contributed by atoms with van der Waals surface area (Å²) in [7, 11) is 1.09. The quantitative estimate of drug-likeness (QED) is 0.175. The highest BCUT2D eigenvalue weighted by Crippen LogP contribution is 2.34. The molecule has 2 aromatic heterocycles. The Balaban J connectivity index is 0.000000340. The Kier molecular flexibility index (Phi) is 14.2. The molecule has 4 aromatic rings. The average Bonchev–Trinajstić information content (AvgIpc) is 3.02. The zero-order chi connectivity index (χ0) is 37.3. The highest BCUT2D eigenvalue weighted by atomic mass is 79.9. The van der Waals surface area contributed by atoms with Gasteiger partial charge in [0.2, 0.25) is 0 Å². The maximum Gasteiger partial charge on any atom is 0.363 e. The van der Waals surface area contributed by atoms with Gasteiger partial charge in [0.05, 0.1) is 32.5 Å². The summed E-state index contributed by atoms with van der Waals surface area (Å²) < 4.78 is 55.6. The van der Waals surface area contributed by atoms with Gasteiger partial charge in [-0.2, -0.15) is 28.1 Å². The van der Waals surface area contributed by atoms with E-state index in [1.54, 1.807) is 12.5 Å². The van der Waals surface area contributed by atoms with Crippen LogP contribution in [0.1, 0.15) is 33.6 Å². The third kappa shape index (κ3) is 8.48. The van der Waals surface area contributed by atoms with E-state index in [1.807, 2.05) is 17.1 Å². The first-order valence-corrected chi connectivity index (χ1v) is 17.0. The van der Waals surface area contributed by atoms with E-state index in [2.05, 4.69) is 0 Å². The van der Waals surface area contributed by atoms with Crippen LogP contribution in [0.15, 0.2) is 53.2 Å². The number of H-pyrrole nitrogens is 1. The number of nitrogens with zero attached hydrogens (tertiary/aromatic N) is 5. The van der Waals surface area contributed by atoms with E-state index in [1.165, 1.54) is 47.8 Å². The Morgan fingerprint density at radius 2 is 1.18 bits per heavy atom. The van der Waals surface area contributed by atoms with Gasteiger partial charge in [-0.1, -0.05) is 23.2 Å². The molecule has 0 fully saturated rings. The van der Waals surface area contributed by atoms with Crippen LogP contribution < -0.4 is 39.5 Å². The van der Waals surface area contributed by atoms with Crippen molar-refractivity contribution in [1.82, 2.24) is 18.7 Å². The minimum atomic E-state index is -3.89. The smallest absolute Gasteiger partial charge is 0.363 e. The highest BCUT2D eigenvalue weighted by Gasteiger charge is 2.36. The normalized spacial score (nSPS) is 11.2. The fraction of sp³-hybridized carbons (Fsp3) is 0.241. The second-order valence-corrected chi connectivity index (χ2v) is 13.2. The molecule has 0 aliphatic carbocycles. The molecule has 50 heavy (non-hydrogen) atoms. The number of alkyl halides is 6. The number of hydrogen-bond acceptors (Lipinski definition) is 8. The average molecular weight is 878 g/mol. The number of rotatable bonds is 6. The van der Waals surface area contributed by atoms with E-state index in [0.717, 1.165) is 20.9 Å². The summed E-state index contributed by atoms with van der Waals surface area (Å²) in [5.74, 6) is 0. The molecule has 0 amide bonds. The van der Waals surface area contributed by atoms with Gasteiger partial charge in [-0.25, -0.2) is 18.7 Å². The van der Waals surface area contributed by atoms with E-state index in [0.29, 0.717) is 23.5 Å². The lowest BCUT2D eigenvalue weighted by Gasteiger charge is -2.18. The van der Waals surface area contributed by atoms with Crippen LogP contribution in [0.25, 0.3) is 11.4 Å². The first-order chi connectivity index (χ1) is 22.7. The maximum atomic E-state index is 13.6. The van der Waals surface area contributed by atoms with Crippen molar-refractivity contribution < 1.29 is 34.5 Å². The van der Waals surface area contributed by atoms with Crippen molar-refractivity contribution in [3.05, 3.63) is 110 Å². The number of thioether (sulfide) groups is 2. The molecule has 2 heterocycles. The van der Waals surface area contributed by atoms with Crippen LogP contribution in [0.5, 0.6) is 0 Å². The molecule has 0 bridgehead atoms. The number of aromatic amines is 1. The lowest BCUT2D eigenvalue weighted by molar-refractivity contribution is -0.0000234. The largest absolute Gasteiger partial charge is 1.00 e. The van der Waals surface area contributed by atoms with Crippen molar-refractivity contribution in [1.29, 1.82) is 10.5 Å². The topological polar surface area (TPSA) is 146 Å². The molecular weight excluding hydrogens is 858 g/mol. The molecule has 0 aliphatic rings. The van der Waals surface area contributed by atoms with E-state index < -0.39 is 50.2 Å². The summed E-state index contributed by atoms with van der Waals surface area (Å²) in [5, 5.41) is 10.3. The fourth-order valence-electron chi connectivity index (χ4n) is 4.53. The molecule has 21 heteroatoms. The van der Waals surface area contributed by atoms with Gasteiger partial charge < -0.3 is 22.0 Å². The van der Waals surface area contributed by atoms with Crippen molar-refractivity contribution in [2.75, 3.05) is 12.5 Å². The number of halogens is 9. The number of hydrogen-bond donors (Lipinski definition) is 1. The monoisotopic (exact) mass is 875 g/mol. The lowest BCUT2D eigenvalue weighted by Crippen LogP contribution is -3.00. The van der Waals surface area contributed by atoms with Gasteiger partial charge in [-0.15, -0.1) is 23.5 Å². The predicted molar refractivity (Wildman–Crippen MR) is 182 cm³/mol. The van der Waals surface area contributed by atoms with Gasteiger partial charge in [0.25, 0.3) is 11.1 Å². The zero-order valence-corrected chi connectivity index (χ0v) is 32.1. The van der Waals surface area contributed by atoms with E-state index in [4.69, 9.17) is 56.9 Å². The van der Waals surface area contributed by atoms with Crippen molar-refractivity contribution >= 4 is 69.9 Å². The van der Waals surface area contributed by atoms with Crippen molar-refractivity contribution in [2.24, 2.45) is 7.05 Å². The molecule has 1 N–H and O–H groups in total. The first kappa shape index (κ1) is 43.0. The number of aromatic nitrogens is 4. The predicted octanol–water partition coefficient (Wildman–Crippen LogP) is 3.75. The van der Waals surface area contributed by atoms with Gasteiger partial charge >= 0.3 is 22.1 Å². The van der Waals surface area contributed by atoms with Crippen LogP contribution in [-0.4, -0.2) is 31.2 Å². The lowest BCUT2D eigenvalue weighted by atomic mass is 10.2. The molecule has 2 aromatic carbocycles. The molecular formula is C29H20BrCl4F4N6O4S2-. The van der Waals surface area contributed by atoms with Crippen LogP contribution in [0.4, 0.5) is 17.6 Å². The Hall–Kier alpha value is -3.16. The second-order valence-electron chi connectivity index (χ2n) is 9.75. The number of nitrogens with one attached hydrogen (secondary N) is 1. The van der Waals surface area contributed by atoms with Gasteiger partial charge in [-0.05, 0) is 73.8 Å². The molecule has 4 rings (SSSR count). The summed E-state index contributed by atoms with van der Waals surface area (Å²) in [6.45, 7) is 2.27.